The molecule has 7 heteroatoms. The zero-order valence-electron chi connectivity index (χ0n) is 11.1. The van der Waals surface area contributed by atoms with Crippen LogP contribution in [0, 0.1) is 4.77 Å². The molecule has 106 valence electrons. The summed E-state index contributed by atoms with van der Waals surface area (Å²) in [5, 5.41) is 0. The van der Waals surface area contributed by atoms with E-state index in [1.807, 2.05) is 4.57 Å². The third kappa shape index (κ3) is 5.15. The van der Waals surface area contributed by atoms with Gasteiger partial charge < -0.3 is 10.3 Å². The fourth-order valence-corrected chi connectivity index (χ4v) is 1.63. The third-order valence-corrected chi connectivity index (χ3v) is 2.66. The molecule has 0 spiro atoms. The van der Waals surface area contributed by atoms with Gasteiger partial charge in [0.05, 0.1) is 0 Å². The molecule has 3 N–H and O–H groups in total. The highest BCUT2D eigenvalue weighted by Crippen LogP contribution is 1.92. The van der Waals surface area contributed by atoms with E-state index in [0.717, 1.165) is 13.0 Å². The lowest BCUT2D eigenvalue weighted by molar-refractivity contribution is 0.1000. The Morgan fingerprint density at radius 3 is 2.50 bits per heavy atom. The van der Waals surface area contributed by atoms with Gasteiger partial charge in [-0.05, 0) is 30.8 Å². The van der Waals surface area contributed by atoms with Gasteiger partial charge in [-0.3, -0.25) is 19.6 Å². The maximum atomic E-state index is 10.7. The summed E-state index contributed by atoms with van der Waals surface area (Å²) >= 11 is 4.91. The standard InChI is InChI=1S/C7H10N2OS.C6H6N2O/c1-2-4-9-5-3-6(10)8-7(9)11;7-6(9)5-1-3-8-4-2-5/h3,5H,2,4H2,1H3,(H,8,10,11);1-4H,(H2,7,9). The second kappa shape index (κ2) is 8.00. The topological polar surface area (TPSA) is 93.8 Å². The first-order valence-electron chi connectivity index (χ1n) is 6.04. The molecular formula is C13H16N4O2S. The summed E-state index contributed by atoms with van der Waals surface area (Å²) < 4.78 is 2.34. The predicted octanol–water partition coefficient (Wildman–Crippen LogP) is 1.50. The predicted molar refractivity (Wildman–Crippen MR) is 78.9 cm³/mol. The minimum Gasteiger partial charge on any atom is -0.366 e. The number of rotatable bonds is 3. The summed E-state index contributed by atoms with van der Waals surface area (Å²) in [6.07, 6.45) is 5.78. The molecule has 2 rings (SSSR count). The number of carbonyl (C=O) groups excluding carboxylic acids is 1. The molecule has 0 radical (unpaired) electrons. The number of primary amides is 1. The molecule has 0 atom stereocenters. The summed E-state index contributed by atoms with van der Waals surface area (Å²) in [6, 6.07) is 4.62. The summed E-state index contributed by atoms with van der Waals surface area (Å²) in [5.41, 5.74) is 5.30. The van der Waals surface area contributed by atoms with E-state index >= 15 is 0 Å². The van der Waals surface area contributed by atoms with Crippen LogP contribution in [0.1, 0.15) is 23.7 Å². The first-order chi connectivity index (χ1) is 9.54. The second-order valence-corrected chi connectivity index (χ2v) is 4.29. The van der Waals surface area contributed by atoms with Crippen molar-refractivity contribution in [3.63, 3.8) is 0 Å². The molecule has 1 amide bonds. The molecule has 2 aromatic rings. The summed E-state index contributed by atoms with van der Waals surface area (Å²) in [6.45, 7) is 2.92. The summed E-state index contributed by atoms with van der Waals surface area (Å²) in [7, 11) is 0. The lowest BCUT2D eigenvalue weighted by Crippen LogP contribution is -2.10. The van der Waals surface area contributed by atoms with Crippen molar-refractivity contribution in [1.82, 2.24) is 14.5 Å². The van der Waals surface area contributed by atoms with Crippen LogP contribution in [0.4, 0.5) is 0 Å². The molecule has 2 aromatic heterocycles. The smallest absolute Gasteiger partial charge is 0.251 e. The van der Waals surface area contributed by atoms with Gasteiger partial charge in [-0.15, -0.1) is 0 Å². The average Bonchev–Trinajstić information content (AvgIpc) is 2.44. The number of aromatic nitrogens is 3. The van der Waals surface area contributed by atoms with Crippen LogP contribution >= 0.6 is 12.2 Å². The highest BCUT2D eigenvalue weighted by Gasteiger charge is 1.94. The quantitative estimate of drug-likeness (QED) is 0.838. The summed E-state index contributed by atoms with van der Waals surface area (Å²) in [5.74, 6) is -0.419. The molecule has 0 bridgehead atoms. The Morgan fingerprint density at radius 1 is 1.40 bits per heavy atom. The van der Waals surface area contributed by atoms with E-state index in [1.165, 1.54) is 18.5 Å². The zero-order valence-corrected chi connectivity index (χ0v) is 11.9. The molecule has 0 unspecified atom stereocenters. The number of aryl methyl sites for hydroxylation is 1. The fourth-order valence-electron chi connectivity index (χ4n) is 1.38. The van der Waals surface area contributed by atoms with Gasteiger partial charge in [0.1, 0.15) is 0 Å². The SMILES string of the molecule is CCCn1ccc(=O)[nH]c1=S.NC(=O)c1ccncc1. The molecule has 0 saturated carbocycles. The Kier molecular flexibility index (Phi) is 6.31. The van der Waals surface area contributed by atoms with Gasteiger partial charge in [0.25, 0.3) is 5.56 Å². The molecule has 0 saturated heterocycles. The van der Waals surface area contributed by atoms with E-state index in [1.54, 1.807) is 18.3 Å². The van der Waals surface area contributed by atoms with Crippen molar-refractivity contribution in [2.75, 3.05) is 0 Å². The van der Waals surface area contributed by atoms with Gasteiger partial charge in [-0.1, -0.05) is 6.92 Å². The number of hydrogen-bond acceptors (Lipinski definition) is 4. The van der Waals surface area contributed by atoms with Gasteiger partial charge >= 0.3 is 0 Å². The largest absolute Gasteiger partial charge is 0.366 e. The van der Waals surface area contributed by atoms with Gasteiger partial charge in [0.15, 0.2) is 4.77 Å². The Morgan fingerprint density at radius 2 is 2.05 bits per heavy atom. The van der Waals surface area contributed by atoms with Crippen LogP contribution in [0.3, 0.4) is 0 Å². The van der Waals surface area contributed by atoms with Crippen molar-refractivity contribution in [2.24, 2.45) is 5.73 Å². The highest BCUT2D eigenvalue weighted by molar-refractivity contribution is 7.71. The number of aromatic amines is 1. The average molecular weight is 292 g/mol. The Hall–Kier alpha value is -2.28. The number of amides is 1. The normalized spacial score (nSPS) is 9.45. The molecule has 0 aliphatic rings. The molecule has 0 aliphatic heterocycles. The number of nitrogens with one attached hydrogen (secondary N) is 1. The minimum atomic E-state index is -0.419. The Bertz CT molecular complexity index is 664. The van der Waals surface area contributed by atoms with E-state index < -0.39 is 5.91 Å². The molecule has 0 fully saturated rings. The molecular weight excluding hydrogens is 276 g/mol. The van der Waals surface area contributed by atoms with Gasteiger partial charge in [-0.2, -0.15) is 0 Å². The van der Waals surface area contributed by atoms with Gasteiger partial charge in [0.2, 0.25) is 5.91 Å². The Labute approximate surface area is 121 Å². The number of carbonyl (C=O) groups is 1. The van der Waals surface area contributed by atoms with Crippen LogP contribution < -0.4 is 11.3 Å². The van der Waals surface area contributed by atoms with Crippen LogP contribution in [-0.4, -0.2) is 20.4 Å². The van der Waals surface area contributed by atoms with Crippen LogP contribution in [-0.2, 0) is 6.54 Å². The van der Waals surface area contributed by atoms with Crippen molar-refractivity contribution in [1.29, 1.82) is 0 Å². The van der Waals surface area contributed by atoms with Crippen LogP contribution in [0.2, 0.25) is 0 Å². The van der Waals surface area contributed by atoms with E-state index in [4.69, 9.17) is 18.0 Å². The maximum absolute atomic E-state index is 10.7. The number of H-pyrrole nitrogens is 1. The first-order valence-corrected chi connectivity index (χ1v) is 6.45. The van der Waals surface area contributed by atoms with Crippen LogP contribution in [0.5, 0.6) is 0 Å². The van der Waals surface area contributed by atoms with Crippen molar-refractivity contribution in [3.8, 4) is 0 Å². The molecule has 0 aromatic carbocycles. The fraction of sp³-hybridized carbons (Fsp3) is 0.231. The lowest BCUT2D eigenvalue weighted by atomic mass is 10.3. The Balaban J connectivity index is 0.000000204. The zero-order chi connectivity index (χ0) is 15.0. The van der Waals surface area contributed by atoms with Crippen molar-refractivity contribution >= 4 is 18.1 Å². The van der Waals surface area contributed by atoms with Crippen molar-refractivity contribution in [2.45, 2.75) is 19.9 Å². The lowest BCUT2D eigenvalue weighted by Gasteiger charge is -2.01. The number of hydrogen-bond donors (Lipinski definition) is 2. The van der Waals surface area contributed by atoms with E-state index in [-0.39, 0.29) is 5.56 Å². The van der Waals surface area contributed by atoms with Crippen LogP contribution in [0.15, 0.2) is 41.6 Å². The molecule has 20 heavy (non-hydrogen) atoms. The first kappa shape index (κ1) is 15.8. The summed E-state index contributed by atoms with van der Waals surface area (Å²) in [4.78, 5) is 27.4. The molecule has 0 aliphatic carbocycles. The maximum Gasteiger partial charge on any atom is 0.251 e. The van der Waals surface area contributed by atoms with E-state index in [9.17, 15) is 9.59 Å². The number of pyridine rings is 1. The molecule has 2 heterocycles. The highest BCUT2D eigenvalue weighted by atomic mass is 32.1. The van der Waals surface area contributed by atoms with E-state index in [0.29, 0.717) is 10.3 Å². The van der Waals surface area contributed by atoms with Crippen LogP contribution in [0.25, 0.3) is 0 Å². The van der Waals surface area contributed by atoms with Crippen molar-refractivity contribution in [3.05, 3.63) is 57.5 Å². The third-order valence-electron chi connectivity index (χ3n) is 2.33. The second-order valence-electron chi connectivity index (χ2n) is 3.90. The monoisotopic (exact) mass is 292 g/mol. The minimum absolute atomic E-state index is 0.137. The van der Waals surface area contributed by atoms with Crippen molar-refractivity contribution < 1.29 is 4.79 Å². The van der Waals surface area contributed by atoms with Gasteiger partial charge in [-0.25, -0.2) is 0 Å². The molecule has 6 nitrogen and oxygen atoms in total. The van der Waals surface area contributed by atoms with E-state index in [2.05, 4.69) is 16.9 Å². The van der Waals surface area contributed by atoms with Gasteiger partial charge in [0, 0.05) is 36.8 Å². The number of nitrogens with zero attached hydrogens (tertiary/aromatic N) is 2. The number of nitrogens with two attached hydrogens (primary N) is 1.